The molecule has 0 radical (unpaired) electrons. The number of esters is 3. The molecule has 166 valence electrons. The Labute approximate surface area is 180 Å². The van der Waals surface area contributed by atoms with E-state index in [0.29, 0.717) is 12.4 Å². The van der Waals surface area contributed by atoms with Crippen LogP contribution in [0.2, 0.25) is 0 Å². The molecule has 0 N–H and O–H groups in total. The van der Waals surface area contributed by atoms with Crippen LogP contribution in [0.3, 0.4) is 0 Å². The minimum Gasteiger partial charge on any atom is -0.456 e. The smallest absolute Gasteiger partial charge is 0.303 e. The zero-order valence-corrected chi connectivity index (χ0v) is 18.4. The number of thioether (sulfide) groups is 1. The van der Waals surface area contributed by atoms with Gasteiger partial charge in [0.2, 0.25) is 0 Å². The van der Waals surface area contributed by atoms with Crippen molar-refractivity contribution < 1.29 is 38.1 Å². The highest BCUT2D eigenvalue weighted by Crippen LogP contribution is 2.34. The molecule has 0 bridgehead atoms. The molecule has 2 rings (SSSR count). The average Bonchev–Trinajstić information content (AvgIpc) is 2.67. The largest absolute Gasteiger partial charge is 0.456 e. The second-order valence-corrected chi connectivity index (χ2v) is 8.10. The summed E-state index contributed by atoms with van der Waals surface area (Å²) in [5, 5.41) is 0. The predicted molar refractivity (Wildman–Crippen MR) is 110 cm³/mol. The van der Waals surface area contributed by atoms with Gasteiger partial charge >= 0.3 is 17.9 Å². The Hall–Kier alpha value is -2.10. The lowest BCUT2D eigenvalue weighted by molar-refractivity contribution is -0.238. The first-order chi connectivity index (χ1) is 14.3. The van der Waals surface area contributed by atoms with Gasteiger partial charge in [-0.05, 0) is 11.3 Å². The van der Waals surface area contributed by atoms with Gasteiger partial charge in [-0.25, -0.2) is 0 Å². The SMILES string of the molecule is CCS[C@@H]1O[C@H](COCc2ccccc2)[C@H](OC(C)=O)[C@H](OC(C)=O)[C@H]1OC(C)=O. The summed E-state index contributed by atoms with van der Waals surface area (Å²) in [4.78, 5) is 35.2. The molecular weight excluding hydrogens is 412 g/mol. The summed E-state index contributed by atoms with van der Waals surface area (Å²) in [6.45, 7) is 6.12. The van der Waals surface area contributed by atoms with E-state index in [1.54, 1.807) is 0 Å². The van der Waals surface area contributed by atoms with Crippen molar-refractivity contribution in [1.29, 1.82) is 0 Å². The van der Waals surface area contributed by atoms with Gasteiger partial charge in [-0.15, -0.1) is 11.8 Å². The molecule has 0 saturated carbocycles. The molecule has 5 atom stereocenters. The highest BCUT2D eigenvalue weighted by atomic mass is 32.2. The van der Waals surface area contributed by atoms with Crippen LogP contribution in [0.1, 0.15) is 33.3 Å². The van der Waals surface area contributed by atoms with E-state index >= 15 is 0 Å². The van der Waals surface area contributed by atoms with Crippen molar-refractivity contribution in [2.75, 3.05) is 12.4 Å². The first-order valence-electron chi connectivity index (χ1n) is 9.72. The summed E-state index contributed by atoms with van der Waals surface area (Å²) in [6, 6.07) is 9.59. The molecule has 8 nitrogen and oxygen atoms in total. The van der Waals surface area contributed by atoms with Gasteiger partial charge in [-0.3, -0.25) is 14.4 Å². The fraction of sp³-hybridized carbons (Fsp3) is 0.571. The minimum atomic E-state index is -1.02. The number of benzene rings is 1. The summed E-state index contributed by atoms with van der Waals surface area (Å²) < 4.78 is 28.2. The molecule has 1 heterocycles. The van der Waals surface area contributed by atoms with Crippen molar-refractivity contribution in [3.05, 3.63) is 35.9 Å². The third kappa shape index (κ3) is 7.30. The molecule has 1 aromatic rings. The van der Waals surface area contributed by atoms with E-state index < -0.39 is 47.8 Å². The highest BCUT2D eigenvalue weighted by molar-refractivity contribution is 7.99. The molecule has 1 saturated heterocycles. The highest BCUT2D eigenvalue weighted by Gasteiger charge is 2.51. The summed E-state index contributed by atoms with van der Waals surface area (Å²) in [7, 11) is 0. The van der Waals surface area contributed by atoms with Crippen LogP contribution in [-0.4, -0.2) is 60.1 Å². The molecule has 0 spiro atoms. The van der Waals surface area contributed by atoms with Gasteiger partial charge in [0.25, 0.3) is 0 Å². The van der Waals surface area contributed by atoms with E-state index in [9.17, 15) is 14.4 Å². The predicted octanol–water partition coefficient (Wildman–Crippen LogP) is 2.48. The van der Waals surface area contributed by atoms with Crippen LogP contribution in [0.25, 0.3) is 0 Å². The maximum Gasteiger partial charge on any atom is 0.303 e. The van der Waals surface area contributed by atoms with Crippen LogP contribution in [0.5, 0.6) is 0 Å². The van der Waals surface area contributed by atoms with Crippen molar-refractivity contribution in [3.8, 4) is 0 Å². The van der Waals surface area contributed by atoms with Crippen LogP contribution in [0, 0.1) is 0 Å². The van der Waals surface area contributed by atoms with E-state index in [-0.39, 0.29) is 6.61 Å². The maximum absolute atomic E-state index is 11.8. The van der Waals surface area contributed by atoms with Crippen LogP contribution in [0.15, 0.2) is 30.3 Å². The third-order valence-corrected chi connectivity index (χ3v) is 5.26. The number of hydrogen-bond acceptors (Lipinski definition) is 9. The standard InChI is InChI=1S/C21H28O8S/c1-5-30-21-20(28-15(4)24)19(27-14(3)23)18(26-13(2)22)17(29-21)12-25-11-16-9-7-6-8-10-16/h6-10,17-21H,5,11-12H2,1-4H3/t17-,18+,19+,20-,21+/m1/s1. The summed E-state index contributed by atoms with van der Waals surface area (Å²) in [5.74, 6) is -1.04. The Bertz CT molecular complexity index is 710. The van der Waals surface area contributed by atoms with E-state index in [4.69, 9.17) is 23.7 Å². The molecule has 1 aliphatic heterocycles. The Morgan fingerprint density at radius 3 is 2.03 bits per heavy atom. The monoisotopic (exact) mass is 440 g/mol. The number of carbonyl (C=O) groups excluding carboxylic acids is 3. The molecule has 1 fully saturated rings. The molecule has 1 aliphatic rings. The fourth-order valence-electron chi connectivity index (χ4n) is 3.15. The minimum absolute atomic E-state index is 0.0954. The summed E-state index contributed by atoms with van der Waals surface area (Å²) >= 11 is 1.40. The first-order valence-corrected chi connectivity index (χ1v) is 10.8. The van der Waals surface area contributed by atoms with Gasteiger partial charge in [-0.1, -0.05) is 37.3 Å². The average molecular weight is 441 g/mol. The lowest BCUT2D eigenvalue weighted by atomic mass is 9.99. The first kappa shape index (κ1) is 24.2. The topological polar surface area (TPSA) is 97.4 Å². The molecule has 9 heteroatoms. The quantitative estimate of drug-likeness (QED) is 0.424. The lowest BCUT2D eigenvalue weighted by Crippen LogP contribution is -2.61. The van der Waals surface area contributed by atoms with Gasteiger partial charge in [-0.2, -0.15) is 0 Å². The Morgan fingerprint density at radius 1 is 0.900 bits per heavy atom. The van der Waals surface area contributed by atoms with Gasteiger partial charge in [0, 0.05) is 20.8 Å². The summed E-state index contributed by atoms with van der Waals surface area (Å²) in [5.41, 5.74) is 0.367. The van der Waals surface area contributed by atoms with Crippen molar-refractivity contribution in [3.63, 3.8) is 0 Å². The van der Waals surface area contributed by atoms with E-state index in [1.165, 1.54) is 32.5 Å². The normalized spacial score (nSPS) is 25.9. The molecular formula is C21H28O8S. The Morgan fingerprint density at radius 2 is 1.47 bits per heavy atom. The third-order valence-electron chi connectivity index (χ3n) is 4.22. The maximum atomic E-state index is 11.8. The van der Waals surface area contributed by atoms with E-state index in [2.05, 4.69) is 0 Å². The molecule has 0 unspecified atom stereocenters. The summed E-state index contributed by atoms with van der Waals surface area (Å²) in [6.07, 6.45) is -3.64. The molecule has 0 aromatic heterocycles. The lowest BCUT2D eigenvalue weighted by Gasteiger charge is -2.44. The zero-order chi connectivity index (χ0) is 22.1. The van der Waals surface area contributed by atoms with Crippen LogP contribution in [0.4, 0.5) is 0 Å². The van der Waals surface area contributed by atoms with Gasteiger partial charge in [0.05, 0.1) is 13.2 Å². The second kappa shape index (κ2) is 11.9. The van der Waals surface area contributed by atoms with E-state index in [0.717, 1.165) is 5.56 Å². The van der Waals surface area contributed by atoms with Crippen molar-refractivity contribution in [1.82, 2.24) is 0 Å². The fourth-order valence-corrected chi connectivity index (χ4v) is 4.10. The van der Waals surface area contributed by atoms with Crippen molar-refractivity contribution >= 4 is 29.7 Å². The molecule has 0 amide bonds. The zero-order valence-electron chi connectivity index (χ0n) is 17.6. The second-order valence-electron chi connectivity index (χ2n) is 6.72. The molecule has 1 aromatic carbocycles. The molecule has 30 heavy (non-hydrogen) atoms. The van der Waals surface area contributed by atoms with Gasteiger partial charge in [0.1, 0.15) is 11.5 Å². The van der Waals surface area contributed by atoms with Gasteiger partial charge < -0.3 is 23.7 Å². The van der Waals surface area contributed by atoms with Crippen LogP contribution >= 0.6 is 11.8 Å². The van der Waals surface area contributed by atoms with Gasteiger partial charge in [0.15, 0.2) is 18.3 Å². The number of ether oxygens (including phenoxy) is 5. The van der Waals surface area contributed by atoms with Crippen molar-refractivity contribution in [2.45, 2.75) is 64.2 Å². The van der Waals surface area contributed by atoms with Crippen LogP contribution < -0.4 is 0 Å². The molecule has 0 aliphatic carbocycles. The number of rotatable bonds is 9. The number of hydrogen-bond donors (Lipinski definition) is 0. The Kier molecular flexibility index (Phi) is 9.61. The van der Waals surface area contributed by atoms with Crippen LogP contribution in [-0.2, 0) is 44.7 Å². The van der Waals surface area contributed by atoms with Crippen molar-refractivity contribution in [2.24, 2.45) is 0 Å². The number of carbonyl (C=O) groups is 3. The van der Waals surface area contributed by atoms with E-state index in [1.807, 2.05) is 37.3 Å². The Balaban J connectivity index is 2.24.